The van der Waals surface area contributed by atoms with E-state index < -0.39 is 0 Å². The van der Waals surface area contributed by atoms with Gasteiger partial charge in [0.15, 0.2) is 0 Å². The fraction of sp³-hybridized carbons (Fsp3) is 0.538. The summed E-state index contributed by atoms with van der Waals surface area (Å²) in [5.74, 6) is 1.70. The van der Waals surface area contributed by atoms with Gasteiger partial charge in [-0.25, -0.2) is 0 Å². The minimum absolute atomic E-state index is 0.597. The fourth-order valence-corrected chi connectivity index (χ4v) is 1.54. The van der Waals surface area contributed by atoms with Crippen molar-refractivity contribution in [3.63, 3.8) is 0 Å². The highest BCUT2D eigenvalue weighted by molar-refractivity contribution is 5.40. The molecular weight excluding hydrogens is 172 g/mol. The normalized spacial score (nSPS) is 12.9. The van der Waals surface area contributed by atoms with Gasteiger partial charge in [0.05, 0.1) is 6.61 Å². The third kappa shape index (κ3) is 2.28. The third-order valence-electron chi connectivity index (χ3n) is 2.39. The molecule has 78 valence electrons. The van der Waals surface area contributed by atoms with Crippen LogP contribution in [0.15, 0.2) is 18.2 Å². The Balaban J connectivity index is 0.000000461. The number of hydrogen-bond donors (Lipinski definition) is 0. The van der Waals surface area contributed by atoms with Gasteiger partial charge in [-0.2, -0.15) is 0 Å². The highest BCUT2D eigenvalue weighted by Gasteiger charge is 2.12. The summed E-state index contributed by atoms with van der Waals surface area (Å²) >= 11 is 0. The van der Waals surface area contributed by atoms with E-state index in [0.29, 0.717) is 5.92 Å². The van der Waals surface area contributed by atoms with E-state index >= 15 is 0 Å². The Kier molecular flexibility index (Phi) is 3.99. The van der Waals surface area contributed by atoms with Crippen molar-refractivity contribution in [1.82, 2.24) is 0 Å². The van der Waals surface area contributed by atoms with Gasteiger partial charge in [-0.15, -0.1) is 0 Å². The smallest absolute Gasteiger partial charge is 0.122 e. The molecular formula is C13H20O. The quantitative estimate of drug-likeness (QED) is 0.658. The van der Waals surface area contributed by atoms with Crippen LogP contribution in [0.25, 0.3) is 0 Å². The molecule has 0 amide bonds. The summed E-state index contributed by atoms with van der Waals surface area (Å²) < 4.78 is 5.49. The van der Waals surface area contributed by atoms with Gasteiger partial charge in [0.1, 0.15) is 5.75 Å². The van der Waals surface area contributed by atoms with Gasteiger partial charge in [-0.1, -0.05) is 39.8 Å². The predicted molar refractivity (Wildman–Crippen MR) is 61.1 cm³/mol. The maximum Gasteiger partial charge on any atom is 0.122 e. The van der Waals surface area contributed by atoms with E-state index in [0.717, 1.165) is 18.8 Å². The van der Waals surface area contributed by atoms with Crippen molar-refractivity contribution in [2.24, 2.45) is 0 Å². The zero-order valence-electron chi connectivity index (χ0n) is 9.63. The predicted octanol–water partition coefficient (Wildman–Crippen LogP) is 3.77. The Morgan fingerprint density at radius 3 is 2.57 bits per heavy atom. The highest BCUT2D eigenvalue weighted by atomic mass is 16.5. The summed E-state index contributed by atoms with van der Waals surface area (Å²) in [5.41, 5.74) is 2.73. The summed E-state index contributed by atoms with van der Waals surface area (Å²) in [6, 6.07) is 6.57. The third-order valence-corrected chi connectivity index (χ3v) is 2.39. The lowest BCUT2D eigenvalue weighted by molar-refractivity contribution is 0.356. The van der Waals surface area contributed by atoms with Crippen LogP contribution in [0.2, 0.25) is 0 Å². The molecule has 1 heterocycles. The largest absolute Gasteiger partial charge is 0.493 e. The Morgan fingerprint density at radius 1 is 1.21 bits per heavy atom. The van der Waals surface area contributed by atoms with E-state index in [-0.39, 0.29) is 0 Å². The molecule has 0 spiro atoms. The van der Waals surface area contributed by atoms with E-state index in [1.54, 1.807) is 0 Å². The number of hydrogen-bond acceptors (Lipinski definition) is 1. The van der Waals surface area contributed by atoms with E-state index in [1.165, 1.54) is 11.1 Å². The number of rotatable bonds is 1. The number of fused-ring (bicyclic) bond motifs is 1. The van der Waals surface area contributed by atoms with Gasteiger partial charge < -0.3 is 4.74 Å². The van der Waals surface area contributed by atoms with Crippen LogP contribution in [0.5, 0.6) is 5.75 Å². The molecule has 1 aliphatic rings. The summed E-state index contributed by atoms with van der Waals surface area (Å²) in [4.78, 5) is 0. The number of ether oxygens (including phenoxy) is 1. The van der Waals surface area contributed by atoms with Crippen LogP contribution < -0.4 is 4.74 Å². The van der Waals surface area contributed by atoms with Crippen molar-refractivity contribution in [3.05, 3.63) is 29.3 Å². The zero-order valence-corrected chi connectivity index (χ0v) is 9.63. The first-order valence-corrected chi connectivity index (χ1v) is 5.53. The molecule has 0 aliphatic carbocycles. The molecule has 0 N–H and O–H groups in total. The summed E-state index contributed by atoms with van der Waals surface area (Å²) in [5, 5.41) is 0. The SMILES string of the molecule is CC.CC(C)c1ccc2c(c1)OCC2. The Morgan fingerprint density at radius 2 is 1.93 bits per heavy atom. The first kappa shape index (κ1) is 11.1. The highest BCUT2D eigenvalue weighted by Crippen LogP contribution is 2.28. The van der Waals surface area contributed by atoms with E-state index in [1.807, 2.05) is 13.8 Å². The fourth-order valence-electron chi connectivity index (χ4n) is 1.54. The standard InChI is InChI=1S/C11H14O.C2H6/c1-8(2)10-4-3-9-5-6-12-11(9)7-10;1-2/h3-4,7-8H,5-6H2,1-2H3;1-2H3. The van der Waals surface area contributed by atoms with Crippen molar-refractivity contribution >= 4 is 0 Å². The van der Waals surface area contributed by atoms with Crippen LogP contribution in [-0.4, -0.2) is 6.61 Å². The van der Waals surface area contributed by atoms with Gasteiger partial charge >= 0.3 is 0 Å². The lowest BCUT2D eigenvalue weighted by Gasteiger charge is -2.06. The average molecular weight is 192 g/mol. The van der Waals surface area contributed by atoms with E-state index in [2.05, 4.69) is 32.0 Å². The molecule has 0 radical (unpaired) electrons. The van der Waals surface area contributed by atoms with Gasteiger partial charge in [-0.05, 0) is 23.1 Å². The molecule has 0 bridgehead atoms. The molecule has 0 aromatic heterocycles. The van der Waals surface area contributed by atoms with Crippen molar-refractivity contribution in [3.8, 4) is 5.75 Å². The van der Waals surface area contributed by atoms with Crippen LogP contribution in [0.1, 0.15) is 44.7 Å². The van der Waals surface area contributed by atoms with Crippen LogP contribution in [0.4, 0.5) is 0 Å². The molecule has 14 heavy (non-hydrogen) atoms. The summed E-state index contributed by atoms with van der Waals surface area (Å²) in [7, 11) is 0. The van der Waals surface area contributed by atoms with Gasteiger partial charge in [0.25, 0.3) is 0 Å². The zero-order chi connectivity index (χ0) is 10.6. The first-order chi connectivity index (χ1) is 6.77. The number of benzene rings is 1. The molecule has 0 fully saturated rings. The minimum atomic E-state index is 0.597. The molecule has 0 saturated carbocycles. The van der Waals surface area contributed by atoms with E-state index in [4.69, 9.17) is 4.74 Å². The first-order valence-electron chi connectivity index (χ1n) is 5.53. The average Bonchev–Trinajstić information content (AvgIpc) is 2.67. The second-order valence-corrected chi connectivity index (χ2v) is 3.62. The van der Waals surface area contributed by atoms with Gasteiger partial charge in [0.2, 0.25) is 0 Å². The molecule has 1 aromatic rings. The van der Waals surface area contributed by atoms with Gasteiger partial charge in [-0.3, -0.25) is 0 Å². The van der Waals surface area contributed by atoms with Crippen LogP contribution in [0, 0.1) is 0 Å². The molecule has 0 atom stereocenters. The van der Waals surface area contributed by atoms with Crippen molar-refractivity contribution in [1.29, 1.82) is 0 Å². The summed E-state index contributed by atoms with van der Waals surface area (Å²) in [6.07, 6.45) is 1.08. The molecule has 1 aromatic carbocycles. The van der Waals surface area contributed by atoms with Crippen molar-refractivity contribution < 1.29 is 4.74 Å². The second-order valence-electron chi connectivity index (χ2n) is 3.62. The Bertz CT molecular complexity index is 289. The molecule has 0 unspecified atom stereocenters. The van der Waals surface area contributed by atoms with Crippen LogP contribution in [0.3, 0.4) is 0 Å². The monoisotopic (exact) mass is 192 g/mol. The Hall–Kier alpha value is -0.980. The van der Waals surface area contributed by atoms with Crippen LogP contribution >= 0.6 is 0 Å². The second kappa shape index (κ2) is 5.04. The Labute approximate surface area is 87.1 Å². The molecule has 1 nitrogen and oxygen atoms in total. The molecule has 0 saturated heterocycles. The van der Waals surface area contributed by atoms with E-state index in [9.17, 15) is 0 Å². The van der Waals surface area contributed by atoms with Crippen molar-refractivity contribution in [2.45, 2.75) is 40.0 Å². The lowest BCUT2D eigenvalue weighted by Crippen LogP contribution is -1.88. The minimum Gasteiger partial charge on any atom is -0.493 e. The molecule has 1 heteroatoms. The maximum atomic E-state index is 5.49. The molecule has 1 aliphatic heterocycles. The maximum absolute atomic E-state index is 5.49. The summed E-state index contributed by atoms with van der Waals surface area (Å²) in [6.45, 7) is 9.27. The van der Waals surface area contributed by atoms with Crippen molar-refractivity contribution in [2.75, 3.05) is 6.61 Å². The molecule has 2 rings (SSSR count). The van der Waals surface area contributed by atoms with Crippen LogP contribution in [-0.2, 0) is 6.42 Å². The lowest BCUT2D eigenvalue weighted by atomic mass is 10.0. The topological polar surface area (TPSA) is 9.23 Å². The van der Waals surface area contributed by atoms with Gasteiger partial charge in [0, 0.05) is 6.42 Å².